The smallest absolute Gasteiger partial charge is 0.0307 e. The average molecular weight is 261 g/mol. The molecule has 0 aromatic heterocycles. The Hall–Kier alpha value is -0.900. The molecule has 106 valence electrons. The van der Waals surface area contributed by atoms with Crippen molar-refractivity contribution in [1.29, 1.82) is 0 Å². The number of nitrogens with zero attached hydrogens (tertiary/aromatic N) is 2. The third-order valence-corrected chi connectivity index (χ3v) is 4.24. The van der Waals surface area contributed by atoms with Gasteiger partial charge >= 0.3 is 0 Å². The number of likely N-dealkylation sites (tertiary alicyclic amines) is 1. The Kier molecular flexibility index (Phi) is 5.37. The van der Waals surface area contributed by atoms with Gasteiger partial charge in [0.25, 0.3) is 0 Å². The minimum absolute atomic E-state index is 0.157. The van der Waals surface area contributed by atoms with E-state index >= 15 is 0 Å². The van der Waals surface area contributed by atoms with Crippen molar-refractivity contribution >= 4 is 0 Å². The van der Waals surface area contributed by atoms with E-state index in [1.807, 2.05) is 6.07 Å². The topological polar surface area (TPSA) is 32.5 Å². The van der Waals surface area contributed by atoms with Crippen LogP contribution in [0.2, 0.25) is 0 Å². The summed E-state index contributed by atoms with van der Waals surface area (Å²) in [5, 5.41) is 0. The maximum absolute atomic E-state index is 6.24. The molecule has 1 aromatic carbocycles. The molecule has 0 saturated carbocycles. The lowest BCUT2D eigenvalue weighted by molar-refractivity contribution is 0.216. The lowest BCUT2D eigenvalue weighted by Gasteiger charge is -2.26. The summed E-state index contributed by atoms with van der Waals surface area (Å²) in [6, 6.07) is 11.3. The number of benzene rings is 1. The molecule has 0 bridgehead atoms. The minimum Gasteiger partial charge on any atom is -0.324 e. The lowest BCUT2D eigenvalue weighted by atomic mass is 10.0. The van der Waals surface area contributed by atoms with Crippen molar-refractivity contribution in [3.05, 3.63) is 35.9 Å². The van der Waals surface area contributed by atoms with Crippen LogP contribution in [0.5, 0.6) is 0 Å². The quantitative estimate of drug-likeness (QED) is 0.851. The first-order chi connectivity index (χ1) is 9.16. The Labute approximate surface area is 117 Å². The largest absolute Gasteiger partial charge is 0.324 e. The summed E-state index contributed by atoms with van der Waals surface area (Å²) in [7, 11) is 4.45. The van der Waals surface area contributed by atoms with E-state index < -0.39 is 0 Å². The zero-order valence-electron chi connectivity index (χ0n) is 12.3. The van der Waals surface area contributed by atoms with Crippen molar-refractivity contribution in [3.63, 3.8) is 0 Å². The maximum Gasteiger partial charge on any atom is 0.0307 e. The Balaban J connectivity index is 1.72. The van der Waals surface area contributed by atoms with Crippen LogP contribution in [0.3, 0.4) is 0 Å². The summed E-state index contributed by atoms with van der Waals surface area (Å²) in [5.41, 5.74) is 7.49. The number of hydrogen-bond acceptors (Lipinski definition) is 3. The number of hydrogen-bond donors (Lipinski definition) is 1. The van der Waals surface area contributed by atoms with Crippen LogP contribution in [-0.2, 0) is 0 Å². The molecule has 1 heterocycles. The van der Waals surface area contributed by atoms with Crippen LogP contribution in [0.25, 0.3) is 0 Å². The highest BCUT2D eigenvalue weighted by molar-refractivity contribution is 5.18. The molecule has 2 unspecified atom stereocenters. The van der Waals surface area contributed by atoms with Crippen LogP contribution < -0.4 is 5.73 Å². The summed E-state index contributed by atoms with van der Waals surface area (Å²) in [4.78, 5) is 4.91. The van der Waals surface area contributed by atoms with Gasteiger partial charge in [-0.1, -0.05) is 30.3 Å². The summed E-state index contributed by atoms with van der Waals surface area (Å²) < 4.78 is 0. The minimum atomic E-state index is 0.157. The van der Waals surface area contributed by atoms with E-state index in [4.69, 9.17) is 5.73 Å². The zero-order chi connectivity index (χ0) is 13.7. The second-order valence-corrected chi connectivity index (χ2v) is 5.84. The molecular formula is C16H27N3. The van der Waals surface area contributed by atoms with Gasteiger partial charge in [0.2, 0.25) is 0 Å². The molecule has 1 aliphatic heterocycles. The predicted octanol–water partition coefficient (Wildman–Crippen LogP) is 2.10. The maximum atomic E-state index is 6.24. The molecule has 0 aliphatic carbocycles. The first-order valence-corrected chi connectivity index (χ1v) is 7.36. The zero-order valence-corrected chi connectivity index (χ0v) is 12.3. The van der Waals surface area contributed by atoms with Crippen molar-refractivity contribution in [2.24, 2.45) is 5.73 Å². The highest BCUT2D eigenvalue weighted by Crippen LogP contribution is 2.17. The van der Waals surface area contributed by atoms with E-state index in [-0.39, 0.29) is 6.04 Å². The summed E-state index contributed by atoms with van der Waals surface area (Å²) >= 11 is 0. The lowest BCUT2D eigenvalue weighted by Crippen LogP contribution is -2.37. The van der Waals surface area contributed by atoms with E-state index in [2.05, 4.69) is 48.2 Å². The summed E-state index contributed by atoms with van der Waals surface area (Å²) in [6.07, 6.45) is 3.71. The first-order valence-electron chi connectivity index (χ1n) is 7.36. The van der Waals surface area contributed by atoms with Gasteiger partial charge in [-0.3, -0.25) is 0 Å². The van der Waals surface area contributed by atoms with Gasteiger partial charge in [-0.25, -0.2) is 0 Å². The third-order valence-electron chi connectivity index (χ3n) is 4.24. The van der Waals surface area contributed by atoms with Gasteiger partial charge < -0.3 is 15.5 Å². The summed E-state index contributed by atoms with van der Waals surface area (Å²) in [5.74, 6) is 0. The molecule has 1 aliphatic rings. The van der Waals surface area contributed by atoms with Gasteiger partial charge in [-0.2, -0.15) is 0 Å². The molecule has 0 amide bonds. The van der Waals surface area contributed by atoms with Crippen molar-refractivity contribution in [2.75, 3.05) is 33.7 Å². The summed E-state index contributed by atoms with van der Waals surface area (Å²) in [6.45, 7) is 3.49. The molecule has 19 heavy (non-hydrogen) atoms. The van der Waals surface area contributed by atoms with E-state index in [0.717, 1.165) is 25.6 Å². The molecule has 0 radical (unpaired) electrons. The molecule has 0 spiro atoms. The normalized spacial score (nSPS) is 22.0. The van der Waals surface area contributed by atoms with Crippen LogP contribution in [-0.4, -0.2) is 49.6 Å². The Bertz CT molecular complexity index is 366. The van der Waals surface area contributed by atoms with Crippen molar-refractivity contribution in [2.45, 2.75) is 31.3 Å². The van der Waals surface area contributed by atoms with Crippen molar-refractivity contribution in [3.8, 4) is 0 Å². The third kappa shape index (κ3) is 4.30. The SMILES string of the molecule is CN(CCC(N)c1ccccc1)CC1CCCN1C. The van der Waals surface area contributed by atoms with Crippen LogP contribution in [0, 0.1) is 0 Å². The molecule has 1 aromatic rings. The fourth-order valence-corrected chi connectivity index (χ4v) is 2.89. The molecular weight excluding hydrogens is 234 g/mol. The van der Waals surface area contributed by atoms with Crippen LogP contribution in [0.15, 0.2) is 30.3 Å². The fourth-order valence-electron chi connectivity index (χ4n) is 2.89. The first kappa shape index (κ1) is 14.5. The fraction of sp³-hybridized carbons (Fsp3) is 0.625. The predicted molar refractivity (Wildman–Crippen MR) is 81.1 cm³/mol. The van der Waals surface area contributed by atoms with Gasteiger partial charge in [0, 0.05) is 18.6 Å². The molecule has 2 rings (SSSR count). The number of rotatable bonds is 6. The van der Waals surface area contributed by atoms with Crippen molar-refractivity contribution in [1.82, 2.24) is 9.80 Å². The Morgan fingerprint density at radius 2 is 2.11 bits per heavy atom. The molecule has 1 saturated heterocycles. The molecule has 3 heteroatoms. The van der Waals surface area contributed by atoms with Gasteiger partial charge in [0.05, 0.1) is 0 Å². The van der Waals surface area contributed by atoms with Gasteiger partial charge in [-0.15, -0.1) is 0 Å². The number of nitrogens with two attached hydrogens (primary N) is 1. The molecule has 2 atom stereocenters. The van der Waals surface area contributed by atoms with Crippen LogP contribution in [0.4, 0.5) is 0 Å². The second kappa shape index (κ2) is 7.04. The molecule has 1 fully saturated rings. The van der Waals surface area contributed by atoms with Gasteiger partial charge in [0.1, 0.15) is 0 Å². The highest BCUT2D eigenvalue weighted by Gasteiger charge is 2.22. The standard InChI is InChI=1S/C16H27N3/c1-18(13-15-9-6-11-19(15)2)12-10-16(17)14-7-4-3-5-8-14/h3-5,7-8,15-16H,6,9-13,17H2,1-2H3. The van der Waals surface area contributed by atoms with E-state index in [1.54, 1.807) is 0 Å². The second-order valence-electron chi connectivity index (χ2n) is 5.84. The molecule has 2 N–H and O–H groups in total. The Morgan fingerprint density at radius 1 is 1.37 bits per heavy atom. The van der Waals surface area contributed by atoms with Crippen LogP contribution >= 0.6 is 0 Å². The molecule has 3 nitrogen and oxygen atoms in total. The van der Waals surface area contributed by atoms with Crippen molar-refractivity contribution < 1.29 is 0 Å². The monoisotopic (exact) mass is 261 g/mol. The Morgan fingerprint density at radius 3 is 2.74 bits per heavy atom. The highest BCUT2D eigenvalue weighted by atomic mass is 15.2. The van der Waals surface area contributed by atoms with Gasteiger partial charge in [0.15, 0.2) is 0 Å². The van der Waals surface area contributed by atoms with E-state index in [1.165, 1.54) is 24.9 Å². The van der Waals surface area contributed by atoms with Gasteiger partial charge in [-0.05, 0) is 52.0 Å². The van der Waals surface area contributed by atoms with E-state index in [9.17, 15) is 0 Å². The van der Waals surface area contributed by atoms with E-state index in [0.29, 0.717) is 0 Å². The average Bonchev–Trinajstić information content (AvgIpc) is 2.82. The number of likely N-dealkylation sites (N-methyl/N-ethyl adjacent to an activating group) is 2. The van der Waals surface area contributed by atoms with Crippen LogP contribution in [0.1, 0.15) is 30.9 Å².